The minimum Gasteiger partial charge on any atom is -0.481 e. The molecule has 18 heavy (non-hydrogen) atoms. The monoisotopic (exact) mass is 257 g/mol. The van der Waals surface area contributed by atoms with E-state index in [2.05, 4.69) is 0 Å². The number of nitrogens with zero attached hydrogens (tertiary/aromatic N) is 1. The highest BCUT2D eigenvalue weighted by atomic mass is 16.4. The van der Waals surface area contributed by atoms with Crippen LogP contribution in [0.1, 0.15) is 39.5 Å². The van der Waals surface area contributed by atoms with Gasteiger partial charge in [0.15, 0.2) is 0 Å². The fraction of sp³-hybridized carbons (Fsp3) is 0.846. The Labute approximate surface area is 108 Å². The van der Waals surface area contributed by atoms with E-state index in [0.717, 1.165) is 12.8 Å². The molecule has 2 N–H and O–H groups in total. The van der Waals surface area contributed by atoms with Crippen LogP contribution in [-0.4, -0.2) is 46.2 Å². The number of hydrogen-bond acceptors (Lipinski definition) is 3. The predicted octanol–water partition coefficient (Wildman–Crippen LogP) is 1.11. The van der Waals surface area contributed by atoms with Gasteiger partial charge in [-0.25, -0.2) is 0 Å². The Morgan fingerprint density at radius 1 is 1.22 bits per heavy atom. The largest absolute Gasteiger partial charge is 0.481 e. The normalized spacial score (nSPS) is 24.7. The number of carbonyl (C=O) groups is 2. The van der Waals surface area contributed by atoms with Crippen LogP contribution in [0.2, 0.25) is 0 Å². The summed E-state index contributed by atoms with van der Waals surface area (Å²) >= 11 is 0. The van der Waals surface area contributed by atoms with E-state index in [1.807, 2.05) is 0 Å². The lowest BCUT2D eigenvalue weighted by molar-refractivity contribution is -0.154. The van der Waals surface area contributed by atoms with Crippen molar-refractivity contribution in [2.24, 2.45) is 11.8 Å². The zero-order valence-corrected chi connectivity index (χ0v) is 11.3. The van der Waals surface area contributed by atoms with Crippen LogP contribution in [0.25, 0.3) is 0 Å². The molecule has 2 atom stereocenters. The topological polar surface area (TPSA) is 77.8 Å². The second-order valence-corrected chi connectivity index (χ2v) is 5.70. The molecule has 0 bridgehead atoms. The quantitative estimate of drug-likeness (QED) is 0.790. The lowest BCUT2D eigenvalue weighted by atomic mass is 9.78. The van der Waals surface area contributed by atoms with Crippen LogP contribution in [0.15, 0.2) is 0 Å². The molecule has 1 aliphatic rings. The van der Waals surface area contributed by atoms with Gasteiger partial charge in [0.05, 0.1) is 24.0 Å². The lowest BCUT2D eigenvalue weighted by Crippen LogP contribution is -2.52. The Hall–Kier alpha value is -1.10. The second-order valence-electron chi connectivity index (χ2n) is 5.70. The van der Waals surface area contributed by atoms with E-state index in [9.17, 15) is 19.8 Å². The number of hydrogen-bond donors (Lipinski definition) is 2. The highest BCUT2D eigenvalue weighted by Gasteiger charge is 2.40. The van der Waals surface area contributed by atoms with Gasteiger partial charge in [-0.2, -0.15) is 0 Å². The van der Waals surface area contributed by atoms with E-state index in [4.69, 9.17) is 0 Å². The predicted molar refractivity (Wildman–Crippen MR) is 67.0 cm³/mol. The van der Waals surface area contributed by atoms with E-state index in [1.54, 1.807) is 20.9 Å². The average molecular weight is 257 g/mol. The molecule has 0 aromatic heterocycles. The molecule has 0 aromatic carbocycles. The lowest BCUT2D eigenvalue weighted by Gasteiger charge is -2.38. The SMILES string of the molecule is CN(C(=O)[C@@H]1CCCC[C@@H]1C(=O)O)C(C)(C)CO. The summed E-state index contributed by atoms with van der Waals surface area (Å²) in [5.74, 6) is -2.08. The fourth-order valence-electron chi connectivity index (χ4n) is 2.38. The van der Waals surface area contributed by atoms with Gasteiger partial charge in [-0.3, -0.25) is 9.59 Å². The Bertz CT molecular complexity index is 327. The summed E-state index contributed by atoms with van der Waals surface area (Å²) in [4.78, 5) is 25.0. The smallest absolute Gasteiger partial charge is 0.307 e. The van der Waals surface area contributed by atoms with Crippen molar-refractivity contribution in [3.8, 4) is 0 Å². The van der Waals surface area contributed by atoms with E-state index in [-0.39, 0.29) is 12.5 Å². The van der Waals surface area contributed by atoms with Crippen molar-refractivity contribution in [2.45, 2.75) is 45.1 Å². The number of likely N-dealkylation sites (N-methyl/N-ethyl adjacent to an activating group) is 1. The molecule has 5 heteroatoms. The number of aliphatic hydroxyl groups excluding tert-OH is 1. The van der Waals surface area contributed by atoms with Crippen molar-refractivity contribution >= 4 is 11.9 Å². The summed E-state index contributed by atoms with van der Waals surface area (Å²) in [6, 6.07) is 0. The Morgan fingerprint density at radius 2 is 1.72 bits per heavy atom. The van der Waals surface area contributed by atoms with Gasteiger partial charge >= 0.3 is 5.97 Å². The van der Waals surface area contributed by atoms with Gasteiger partial charge in [0, 0.05) is 7.05 Å². The molecule has 1 fully saturated rings. The summed E-state index contributed by atoms with van der Waals surface area (Å²) < 4.78 is 0. The first-order valence-corrected chi connectivity index (χ1v) is 6.42. The standard InChI is InChI=1S/C13H23NO4/c1-13(2,8-15)14(3)11(16)9-6-4-5-7-10(9)12(17)18/h9-10,15H,4-8H2,1-3H3,(H,17,18)/t9-,10+/m1/s1. The third-order valence-corrected chi connectivity index (χ3v) is 4.03. The number of carboxylic acids is 1. The van der Waals surface area contributed by atoms with Crippen molar-refractivity contribution in [2.75, 3.05) is 13.7 Å². The highest BCUT2D eigenvalue weighted by Crippen LogP contribution is 2.32. The van der Waals surface area contributed by atoms with Crippen LogP contribution in [0.5, 0.6) is 0 Å². The van der Waals surface area contributed by atoms with Crippen molar-refractivity contribution < 1.29 is 19.8 Å². The van der Waals surface area contributed by atoms with Crippen LogP contribution in [-0.2, 0) is 9.59 Å². The maximum Gasteiger partial charge on any atom is 0.307 e. The van der Waals surface area contributed by atoms with Gasteiger partial charge in [0.25, 0.3) is 0 Å². The van der Waals surface area contributed by atoms with Crippen molar-refractivity contribution in [1.29, 1.82) is 0 Å². The van der Waals surface area contributed by atoms with Gasteiger partial charge < -0.3 is 15.1 Å². The number of aliphatic hydroxyl groups is 1. The van der Waals surface area contributed by atoms with Gasteiger partial charge in [-0.1, -0.05) is 12.8 Å². The molecule has 0 heterocycles. The molecule has 1 aliphatic carbocycles. The van der Waals surface area contributed by atoms with Crippen molar-refractivity contribution in [3.05, 3.63) is 0 Å². The summed E-state index contributed by atoms with van der Waals surface area (Å²) in [5.41, 5.74) is -0.655. The molecule has 1 saturated carbocycles. The number of carboxylic acid groups (broad SMARTS) is 1. The molecule has 0 aromatic rings. The summed E-state index contributed by atoms with van der Waals surface area (Å²) in [6.07, 6.45) is 2.96. The summed E-state index contributed by atoms with van der Waals surface area (Å²) in [7, 11) is 1.63. The first-order valence-electron chi connectivity index (χ1n) is 6.42. The molecule has 0 saturated heterocycles. The number of rotatable bonds is 4. The molecule has 0 aliphatic heterocycles. The maximum absolute atomic E-state index is 12.4. The van der Waals surface area contributed by atoms with E-state index in [1.165, 1.54) is 4.90 Å². The fourth-order valence-corrected chi connectivity index (χ4v) is 2.38. The second kappa shape index (κ2) is 5.69. The van der Waals surface area contributed by atoms with Crippen molar-refractivity contribution in [1.82, 2.24) is 4.90 Å². The van der Waals surface area contributed by atoms with Crippen LogP contribution in [0.4, 0.5) is 0 Å². The number of amides is 1. The molecule has 1 rings (SSSR count). The first kappa shape index (κ1) is 15.0. The van der Waals surface area contributed by atoms with Gasteiger partial charge in [-0.05, 0) is 26.7 Å². The molecular weight excluding hydrogens is 234 g/mol. The highest BCUT2D eigenvalue weighted by molar-refractivity contribution is 5.85. The third kappa shape index (κ3) is 3.02. The summed E-state index contributed by atoms with van der Waals surface area (Å²) in [5, 5.41) is 18.5. The number of aliphatic carboxylic acids is 1. The molecular formula is C13H23NO4. The molecule has 5 nitrogen and oxygen atoms in total. The van der Waals surface area contributed by atoms with Gasteiger partial charge in [0.1, 0.15) is 0 Å². The maximum atomic E-state index is 12.4. The van der Waals surface area contributed by atoms with Crippen LogP contribution < -0.4 is 0 Å². The van der Waals surface area contributed by atoms with E-state index >= 15 is 0 Å². The molecule has 0 unspecified atom stereocenters. The van der Waals surface area contributed by atoms with Crippen molar-refractivity contribution in [3.63, 3.8) is 0 Å². The first-order chi connectivity index (χ1) is 8.31. The molecule has 0 radical (unpaired) electrons. The number of carbonyl (C=O) groups excluding carboxylic acids is 1. The zero-order chi connectivity index (χ0) is 13.9. The minimum absolute atomic E-state index is 0.139. The van der Waals surface area contributed by atoms with Crippen LogP contribution in [0, 0.1) is 11.8 Å². The van der Waals surface area contributed by atoms with Gasteiger partial charge in [-0.15, -0.1) is 0 Å². The van der Waals surface area contributed by atoms with Crippen LogP contribution in [0.3, 0.4) is 0 Å². The minimum atomic E-state index is -0.886. The Balaban J connectivity index is 2.84. The Morgan fingerprint density at radius 3 is 2.17 bits per heavy atom. The van der Waals surface area contributed by atoms with Crippen LogP contribution >= 0.6 is 0 Å². The van der Waals surface area contributed by atoms with Gasteiger partial charge in [0.2, 0.25) is 5.91 Å². The Kier molecular flexibility index (Phi) is 4.73. The molecule has 0 spiro atoms. The van der Waals surface area contributed by atoms with E-state index < -0.39 is 23.3 Å². The summed E-state index contributed by atoms with van der Waals surface area (Å²) in [6.45, 7) is 3.40. The molecule has 1 amide bonds. The average Bonchev–Trinajstić information content (AvgIpc) is 2.36. The molecule has 104 valence electrons. The van der Waals surface area contributed by atoms with E-state index in [0.29, 0.717) is 12.8 Å². The third-order valence-electron chi connectivity index (χ3n) is 4.03. The zero-order valence-electron chi connectivity index (χ0n) is 11.3.